The molecule has 0 bridgehead atoms. The molecule has 0 unspecified atom stereocenters. The summed E-state index contributed by atoms with van der Waals surface area (Å²) >= 11 is 3.34. The second kappa shape index (κ2) is 8.36. The van der Waals surface area contributed by atoms with E-state index < -0.39 is 0 Å². The number of anilines is 1. The summed E-state index contributed by atoms with van der Waals surface area (Å²) in [4.78, 5) is 33.2. The molecule has 0 saturated heterocycles. The lowest BCUT2D eigenvalue weighted by atomic mass is 10.1. The first kappa shape index (κ1) is 19.0. The van der Waals surface area contributed by atoms with Crippen LogP contribution in [0.1, 0.15) is 23.2 Å². The third-order valence-corrected chi connectivity index (χ3v) is 4.95. The number of nitrogens with zero attached hydrogens (tertiary/aromatic N) is 3. The molecule has 4 aromatic rings. The van der Waals surface area contributed by atoms with Gasteiger partial charge in [0, 0.05) is 52.7 Å². The van der Waals surface area contributed by atoms with Crippen molar-refractivity contribution in [2.75, 3.05) is 5.32 Å². The molecule has 0 aliphatic rings. The first-order valence-electron chi connectivity index (χ1n) is 9.07. The van der Waals surface area contributed by atoms with Crippen molar-refractivity contribution in [3.05, 3.63) is 83.2 Å². The molecule has 0 fully saturated rings. The number of Topliss-reactive ketones (excluding diaryl/α,β-unsaturated/α-hetero) is 1. The van der Waals surface area contributed by atoms with E-state index in [2.05, 4.69) is 31.2 Å². The van der Waals surface area contributed by atoms with Crippen molar-refractivity contribution < 1.29 is 9.59 Å². The zero-order chi connectivity index (χ0) is 20.2. The topological polar surface area (TPSA) is 76.4 Å². The zero-order valence-electron chi connectivity index (χ0n) is 15.4. The highest BCUT2D eigenvalue weighted by molar-refractivity contribution is 9.10. The maximum Gasteiger partial charge on any atom is 0.234 e. The number of carbonyl (C=O) groups excluding carboxylic acids is 2. The normalized spacial score (nSPS) is 10.8. The summed E-state index contributed by atoms with van der Waals surface area (Å²) in [6.07, 6.45) is 5.74. The Morgan fingerprint density at radius 2 is 1.86 bits per heavy atom. The van der Waals surface area contributed by atoms with Crippen LogP contribution in [0.15, 0.2) is 77.7 Å². The molecular weight excluding hydrogens is 432 g/mol. The molecule has 0 aliphatic heterocycles. The number of rotatable bonds is 6. The first-order chi connectivity index (χ1) is 14.1. The molecule has 29 heavy (non-hydrogen) atoms. The molecule has 4 rings (SSSR count). The van der Waals surface area contributed by atoms with Crippen molar-refractivity contribution in [3.63, 3.8) is 0 Å². The number of hydrogen-bond donors (Lipinski definition) is 1. The lowest BCUT2D eigenvalue weighted by Crippen LogP contribution is -2.13. The van der Waals surface area contributed by atoms with E-state index in [9.17, 15) is 9.59 Å². The van der Waals surface area contributed by atoms with E-state index in [-0.39, 0.29) is 24.5 Å². The standard InChI is InChI=1S/C22H17BrN4O2/c23-17-7-5-15(6-8-17)20(28)9-10-21(29)25-18-4-1-3-16(13-18)19-14-27-12-2-11-24-22(27)26-19/h1-8,11-14H,9-10H2,(H,25,29). The third-order valence-electron chi connectivity index (χ3n) is 4.42. The molecule has 144 valence electrons. The smallest absolute Gasteiger partial charge is 0.234 e. The first-order valence-corrected chi connectivity index (χ1v) is 9.86. The minimum Gasteiger partial charge on any atom is -0.326 e. The van der Waals surface area contributed by atoms with Gasteiger partial charge in [0.25, 0.3) is 0 Å². The van der Waals surface area contributed by atoms with Crippen LogP contribution in [-0.2, 0) is 4.79 Å². The van der Waals surface area contributed by atoms with Crippen LogP contribution in [0, 0.1) is 0 Å². The highest BCUT2D eigenvalue weighted by Crippen LogP contribution is 2.22. The van der Waals surface area contributed by atoms with Crippen LogP contribution in [0.4, 0.5) is 5.69 Å². The van der Waals surface area contributed by atoms with Crippen LogP contribution >= 0.6 is 15.9 Å². The summed E-state index contributed by atoms with van der Waals surface area (Å²) in [5.41, 5.74) is 2.90. The number of ketones is 1. The second-order valence-electron chi connectivity index (χ2n) is 6.51. The SMILES string of the molecule is O=C(CCC(=O)c1ccc(Br)cc1)Nc1cccc(-c2cn3cccnc3n2)c1. The number of benzene rings is 2. The molecule has 2 aromatic carbocycles. The van der Waals surface area contributed by atoms with Gasteiger partial charge in [0.15, 0.2) is 5.78 Å². The minimum atomic E-state index is -0.204. The minimum absolute atomic E-state index is 0.0569. The molecule has 2 aromatic heterocycles. The summed E-state index contributed by atoms with van der Waals surface area (Å²) in [7, 11) is 0. The summed E-state index contributed by atoms with van der Waals surface area (Å²) in [5, 5.41) is 2.85. The largest absolute Gasteiger partial charge is 0.326 e. The van der Waals surface area contributed by atoms with Gasteiger partial charge in [-0.2, -0.15) is 0 Å². The van der Waals surface area contributed by atoms with Crippen LogP contribution < -0.4 is 5.32 Å². The Balaban J connectivity index is 1.40. The molecule has 7 heteroatoms. The summed E-state index contributed by atoms with van der Waals surface area (Å²) in [6.45, 7) is 0. The van der Waals surface area contributed by atoms with E-state index in [4.69, 9.17) is 0 Å². The lowest BCUT2D eigenvalue weighted by Gasteiger charge is -2.07. The molecule has 0 aliphatic carbocycles. The molecule has 1 amide bonds. The predicted octanol–water partition coefficient (Wildman–Crippen LogP) is 4.76. The van der Waals surface area contributed by atoms with E-state index in [1.54, 1.807) is 18.3 Å². The van der Waals surface area contributed by atoms with Gasteiger partial charge in [0.1, 0.15) is 0 Å². The van der Waals surface area contributed by atoms with Crippen LogP contribution in [0.5, 0.6) is 0 Å². The molecule has 0 saturated carbocycles. The number of fused-ring (bicyclic) bond motifs is 1. The highest BCUT2D eigenvalue weighted by atomic mass is 79.9. The molecule has 1 N–H and O–H groups in total. The van der Waals surface area contributed by atoms with Crippen molar-refractivity contribution in [3.8, 4) is 11.3 Å². The van der Waals surface area contributed by atoms with Crippen LogP contribution in [-0.4, -0.2) is 26.1 Å². The summed E-state index contributed by atoms with van der Waals surface area (Å²) < 4.78 is 2.75. The number of amides is 1. The van der Waals surface area contributed by atoms with E-state index in [1.165, 1.54) is 0 Å². The average molecular weight is 449 g/mol. The summed E-state index contributed by atoms with van der Waals surface area (Å²) in [5.74, 6) is 0.353. The van der Waals surface area contributed by atoms with Crippen LogP contribution in [0.2, 0.25) is 0 Å². The molecule has 2 heterocycles. The number of halogens is 1. The van der Waals surface area contributed by atoms with Crippen LogP contribution in [0.25, 0.3) is 17.0 Å². The molecular formula is C22H17BrN4O2. The quantitative estimate of drug-likeness (QED) is 0.431. The number of imidazole rings is 1. The Morgan fingerprint density at radius 1 is 1.03 bits per heavy atom. The van der Waals surface area contributed by atoms with E-state index in [0.717, 1.165) is 15.7 Å². The van der Waals surface area contributed by atoms with Gasteiger partial charge < -0.3 is 5.32 Å². The fraction of sp³-hybridized carbons (Fsp3) is 0.0909. The number of nitrogens with one attached hydrogen (secondary N) is 1. The van der Waals surface area contributed by atoms with Crippen molar-refractivity contribution >= 4 is 39.1 Å². The van der Waals surface area contributed by atoms with Gasteiger partial charge in [-0.3, -0.25) is 14.0 Å². The summed E-state index contributed by atoms with van der Waals surface area (Å²) in [6, 6.07) is 16.4. The third kappa shape index (κ3) is 4.57. The average Bonchev–Trinajstić information content (AvgIpc) is 3.17. The Kier molecular flexibility index (Phi) is 5.48. The van der Waals surface area contributed by atoms with Crippen LogP contribution in [0.3, 0.4) is 0 Å². The van der Waals surface area contributed by atoms with Crippen molar-refractivity contribution in [1.82, 2.24) is 14.4 Å². The predicted molar refractivity (Wildman–Crippen MR) is 115 cm³/mol. The van der Waals surface area contributed by atoms with Gasteiger partial charge in [0.2, 0.25) is 11.7 Å². The zero-order valence-corrected chi connectivity index (χ0v) is 17.0. The van der Waals surface area contributed by atoms with Gasteiger partial charge in [0.05, 0.1) is 5.69 Å². The highest BCUT2D eigenvalue weighted by Gasteiger charge is 2.11. The maximum atomic E-state index is 12.3. The lowest BCUT2D eigenvalue weighted by molar-refractivity contribution is -0.116. The van der Waals surface area contributed by atoms with E-state index >= 15 is 0 Å². The number of carbonyl (C=O) groups is 2. The van der Waals surface area contributed by atoms with Crippen molar-refractivity contribution in [2.24, 2.45) is 0 Å². The fourth-order valence-electron chi connectivity index (χ4n) is 2.96. The molecule has 6 nitrogen and oxygen atoms in total. The molecule has 0 radical (unpaired) electrons. The number of aromatic nitrogens is 3. The second-order valence-corrected chi connectivity index (χ2v) is 7.43. The van der Waals surface area contributed by atoms with Gasteiger partial charge in [-0.15, -0.1) is 0 Å². The Bertz CT molecular complexity index is 1150. The Labute approximate surface area is 175 Å². The van der Waals surface area contributed by atoms with Gasteiger partial charge >= 0.3 is 0 Å². The fourth-order valence-corrected chi connectivity index (χ4v) is 3.22. The number of hydrogen-bond acceptors (Lipinski definition) is 4. The Morgan fingerprint density at radius 3 is 2.66 bits per heavy atom. The van der Waals surface area contributed by atoms with E-state index in [1.807, 2.05) is 59.3 Å². The molecule has 0 atom stereocenters. The Hall–Kier alpha value is -3.32. The van der Waals surface area contributed by atoms with Crippen molar-refractivity contribution in [2.45, 2.75) is 12.8 Å². The van der Waals surface area contributed by atoms with Gasteiger partial charge in [-0.05, 0) is 30.3 Å². The van der Waals surface area contributed by atoms with Gasteiger partial charge in [-0.25, -0.2) is 9.97 Å². The monoisotopic (exact) mass is 448 g/mol. The maximum absolute atomic E-state index is 12.3. The van der Waals surface area contributed by atoms with Gasteiger partial charge in [-0.1, -0.05) is 40.2 Å². The van der Waals surface area contributed by atoms with E-state index in [0.29, 0.717) is 17.0 Å². The molecule has 0 spiro atoms. The van der Waals surface area contributed by atoms with Crippen molar-refractivity contribution in [1.29, 1.82) is 0 Å².